The Labute approximate surface area is 208 Å². The fraction of sp³-hybridized carbons (Fsp3) is 0.346. The highest BCUT2D eigenvalue weighted by Crippen LogP contribution is 2.37. The lowest BCUT2D eigenvalue weighted by Gasteiger charge is -2.33. The summed E-state index contributed by atoms with van der Waals surface area (Å²) in [5.74, 6) is -1.53. The van der Waals surface area contributed by atoms with Gasteiger partial charge in [0.2, 0.25) is 0 Å². The topological polar surface area (TPSA) is 128 Å². The normalized spacial score (nSPS) is 25.2. The van der Waals surface area contributed by atoms with Crippen LogP contribution in [-0.2, 0) is 19.9 Å². The molecule has 3 N–H and O–H groups in total. The summed E-state index contributed by atoms with van der Waals surface area (Å²) in [6.07, 6.45) is 2.57. The van der Waals surface area contributed by atoms with Gasteiger partial charge in [-0.05, 0) is 42.7 Å². The van der Waals surface area contributed by atoms with Gasteiger partial charge in [0.05, 0.1) is 0 Å². The summed E-state index contributed by atoms with van der Waals surface area (Å²) in [6, 6.07) is 16.1. The highest BCUT2D eigenvalue weighted by Gasteiger charge is 2.55. The summed E-state index contributed by atoms with van der Waals surface area (Å²) in [5, 5.41) is 6.15. The first-order chi connectivity index (χ1) is 17.3. The summed E-state index contributed by atoms with van der Waals surface area (Å²) in [5.41, 5.74) is 0.848. The molecule has 10 nitrogen and oxygen atoms in total. The standard InChI is InChI=1S/C26H27N5O5/c1-17-12-14-25(15-13-17)21(33)31(24(36)27-25)29-20(32)16-30-22(34)26(28-23(30)35,18-8-4-2-5-9-18)19-10-6-3-7-11-19/h2-11,17H,12-16H2,1H3,(H,27,36)(H,28,35)(H,29,32). The fourth-order valence-corrected chi connectivity index (χ4v) is 5.27. The third-order valence-electron chi connectivity index (χ3n) is 7.35. The SMILES string of the molecule is CC1CCC2(CC1)NC(=O)N(NC(=O)CN1C(=O)NC(c3ccccc3)(c3ccccc3)C1=O)C2=O. The van der Waals surface area contributed by atoms with E-state index < -0.39 is 47.4 Å². The Morgan fingerprint density at radius 2 is 1.42 bits per heavy atom. The van der Waals surface area contributed by atoms with Crippen molar-refractivity contribution in [3.05, 3.63) is 71.8 Å². The number of imide groups is 2. The average molecular weight is 490 g/mol. The summed E-state index contributed by atoms with van der Waals surface area (Å²) in [6.45, 7) is 1.43. The predicted octanol–water partition coefficient (Wildman–Crippen LogP) is 2.01. The molecule has 3 fully saturated rings. The lowest BCUT2D eigenvalue weighted by molar-refractivity contribution is -0.141. The molecule has 0 aromatic heterocycles. The molecule has 0 atom stereocenters. The molecule has 7 amide bonds. The number of nitrogens with zero attached hydrogens (tertiary/aromatic N) is 2. The zero-order valence-corrected chi connectivity index (χ0v) is 19.8. The van der Waals surface area contributed by atoms with Gasteiger partial charge in [-0.1, -0.05) is 67.6 Å². The Hall–Kier alpha value is -4.21. The minimum absolute atomic E-state index is 0.457. The van der Waals surface area contributed by atoms with E-state index in [2.05, 4.69) is 23.0 Å². The number of benzene rings is 2. The number of nitrogens with one attached hydrogen (secondary N) is 3. The molecular weight excluding hydrogens is 462 g/mol. The molecule has 10 heteroatoms. The van der Waals surface area contributed by atoms with Gasteiger partial charge in [-0.3, -0.25) is 24.7 Å². The van der Waals surface area contributed by atoms with Crippen LogP contribution in [0, 0.1) is 5.92 Å². The van der Waals surface area contributed by atoms with Crippen molar-refractivity contribution >= 4 is 29.8 Å². The summed E-state index contributed by atoms with van der Waals surface area (Å²) < 4.78 is 0. The first kappa shape index (κ1) is 23.5. The quantitative estimate of drug-likeness (QED) is 0.554. The number of rotatable bonds is 5. The molecule has 1 spiro atoms. The van der Waals surface area contributed by atoms with E-state index in [-0.39, 0.29) is 0 Å². The van der Waals surface area contributed by atoms with E-state index >= 15 is 0 Å². The molecule has 2 aliphatic heterocycles. The van der Waals surface area contributed by atoms with Gasteiger partial charge in [0, 0.05) is 0 Å². The maximum atomic E-state index is 13.7. The fourth-order valence-electron chi connectivity index (χ4n) is 5.27. The van der Waals surface area contributed by atoms with Crippen molar-refractivity contribution < 1.29 is 24.0 Å². The molecule has 0 bridgehead atoms. The number of carbonyl (C=O) groups excluding carboxylic acids is 5. The van der Waals surface area contributed by atoms with Crippen LogP contribution in [0.15, 0.2) is 60.7 Å². The maximum absolute atomic E-state index is 13.7. The van der Waals surface area contributed by atoms with Crippen LogP contribution in [0.1, 0.15) is 43.7 Å². The van der Waals surface area contributed by atoms with Crippen LogP contribution in [0.25, 0.3) is 0 Å². The zero-order chi connectivity index (χ0) is 25.5. The highest BCUT2D eigenvalue weighted by atomic mass is 16.2. The Kier molecular flexibility index (Phi) is 5.74. The molecule has 1 aliphatic carbocycles. The predicted molar refractivity (Wildman–Crippen MR) is 128 cm³/mol. The van der Waals surface area contributed by atoms with Gasteiger partial charge in [0.15, 0.2) is 5.54 Å². The van der Waals surface area contributed by atoms with Gasteiger partial charge in [0.25, 0.3) is 17.7 Å². The molecule has 1 saturated carbocycles. The average Bonchev–Trinajstić information content (AvgIpc) is 3.27. The van der Waals surface area contributed by atoms with E-state index in [1.165, 1.54) is 0 Å². The van der Waals surface area contributed by atoms with E-state index in [1.54, 1.807) is 60.7 Å². The minimum Gasteiger partial charge on any atom is -0.322 e. The minimum atomic E-state index is -1.51. The first-order valence-corrected chi connectivity index (χ1v) is 12.0. The second-order valence-corrected chi connectivity index (χ2v) is 9.67. The molecule has 186 valence electrons. The first-order valence-electron chi connectivity index (χ1n) is 12.0. The zero-order valence-electron chi connectivity index (χ0n) is 19.8. The summed E-state index contributed by atoms with van der Waals surface area (Å²) in [7, 11) is 0. The lowest BCUT2D eigenvalue weighted by atomic mass is 9.77. The van der Waals surface area contributed by atoms with Crippen molar-refractivity contribution in [1.82, 2.24) is 26.0 Å². The highest BCUT2D eigenvalue weighted by molar-refractivity contribution is 6.12. The second kappa shape index (κ2) is 8.78. The Morgan fingerprint density at radius 1 is 0.861 bits per heavy atom. The van der Waals surface area contributed by atoms with Crippen molar-refractivity contribution in [1.29, 1.82) is 0 Å². The number of amides is 7. The molecule has 2 heterocycles. The van der Waals surface area contributed by atoms with E-state index in [0.29, 0.717) is 34.9 Å². The Bertz CT molecular complexity index is 1180. The molecule has 5 rings (SSSR count). The second-order valence-electron chi connectivity index (χ2n) is 9.67. The molecule has 2 aromatic rings. The smallest absolute Gasteiger partial charge is 0.322 e. The maximum Gasteiger partial charge on any atom is 0.344 e. The number of hydrogen-bond donors (Lipinski definition) is 3. The van der Waals surface area contributed by atoms with Crippen LogP contribution < -0.4 is 16.1 Å². The van der Waals surface area contributed by atoms with Gasteiger partial charge in [0.1, 0.15) is 12.1 Å². The third-order valence-corrected chi connectivity index (χ3v) is 7.35. The van der Waals surface area contributed by atoms with Crippen LogP contribution in [0.2, 0.25) is 0 Å². The van der Waals surface area contributed by atoms with Gasteiger partial charge in [-0.25, -0.2) is 9.59 Å². The molecule has 2 saturated heterocycles. The monoisotopic (exact) mass is 489 g/mol. The van der Waals surface area contributed by atoms with Crippen LogP contribution >= 0.6 is 0 Å². The Morgan fingerprint density at radius 3 is 1.97 bits per heavy atom. The number of carbonyl (C=O) groups is 5. The summed E-state index contributed by atoms with van der Waals surface area (Å²) >= 11 is 0. The van der Waals surface area contributed by atoms with Crippen LogP contribution in [0.5, 0.6) is 0 Å². The van der Waals surface area contributed by atoms with Crippen LogP contribution in [0.3, 0.4) is 0 Å². The number of urea groups is 2. The van der Waals surface area contributed by atoms with E-state index in [9.17, 15) is 24.0 Å². The van der Waals surface area contributed by atoms with Crippen molar-refractivity contribution in [3.63, 3.8) is 0 Å². The molecule has 0 radical (unpaired) electrons. The van der Waals surface area contributed by atoms with Gasteiger partial charge >= 0.3 is 12.1 Å². The van der Waals surface area contributed by atoms with Crippen LogP contribution in [0.4, 0.5) is 9.59 Å². The van der Waals surface area contributed by atoms with Crippen molar-refractivity contribution in [2.24, 2.45) is 5.92 Å². The summed E-state index contributed by atoms with van der Waals surface area (Å²) in [4.78, 5) is 65.9. The largest absolute Gasteiger partial charge is 0.344 e. The number of hydrogen-bond acceptors (Lipinski definition) is 5. The van der Waals surface area contributed by atoms with E-state index in [4.69, 9.17) is 0 Å². The van der Waals surface area contributed by atoms with Crippen LogP contribution in [-0.4, -0.2) is 51.8 Å². The molecule has 36 heavy (non-hydrogen) atoms. The molecule has 2 aromatic carbocycles. The Balaban J connectivity index is 1.35. The lowest BCUT2D eigenvalue weighted by Crippen LogP contribution is -2.53. The van der Waals surface area contributed by atoms with Crippen molar-refractivity contribution in [2.45, 2.75) is 43.7 Å². The molecular formula is C26H27N5O5. The molecule has 3 aliphatic rings. The van der Waals surface area contributed by atoms with Gasteiger partial charge < -0.3 is 10.6 Å². The van der Waals surface area contributed by atoms with Crippen molar-refractivity contribution in [3.8, 4) is 0 Å². The van der Waals surface area contributed by atoms with Gasteiger partial charge in [-0.2, -0.15) is 5.01 Å². The number of hydrazine groups is 1. The van der Waals surface area contributed by atoms with E-state index in [0.717, 1.165) is 17.7 Å². The third kappa shape index (κ3) is 3.69. The molecule has 0 unspecified atom stereocenters. The van der Waals surface area contributed by atoms with Gasteiger partial charge in [-0.15, -0.1) is 0 Å². The van der Waals surface area contributed by atoms with E-state index in [1.807, 2.05) is 0 Å². The van der Waals surface area contributed by atoms with Crippen molar-refractivity contribution in [2.75, 3.05) is 6.54 Å².